The van der Waals surface area contributed by atoms with E-state index in [-0.39, 0.29) is 5.56 Å². The summed E-state index contributed by atoms with van der Waals surface area (Å²) < 4.78 is 39.7. The summed E-state index contributed by atoms with van der Waals surface area (Å²) in [5.74, 6) is -2.32. The van der Waals surface area contributed by atoms with Gasteiger partial charge in [0.1, 0.15) is 6.07 Å². The molecule has 1 amide bonds. The Bertz CT molecular complexity index is 507. The minimum absolute atomic E-state index is 0.353. The highest BCUT2D eigenvalue weighted by atomic mass is 19.4. The summed E-state index contributed by atoms with van der Waals surface area (Å²) in [6, 6.07) is 1.50. The smallest absolute Gasteiger partial charge is 0.401 e. The minimum Gasteiger partial charge on any atom is -0.401 e. The molecule has 0 radical (unpaired) electrons. The molecule has 0 spiro atoms. The van der Waals surface area contributed by atoms with E-state index in [4.69, 9.17) is 16.7 Å². The first-order chi connectivity index (χ1) is 7.76. The maximum absolute atomic E-state index is 12.1. The predicted octanol–water partition coefficient (Wildman–Crippen LogP) is 0.533. The molecule has 9 heteroatoms. The number of ether oxygens (including phenoxy) is 1. The number of hydrogen-bond acceptors (Lipinski definition) is 5. The Kier molecular flexibility index (Phi) is 3.08. The molecular weight excluding hydrogens is 241 g/mol. The lowest BCUT2D eigenvalue weighted by Gasteiger charge is -2.13. The van der Waals surface area contributed by atoms with E-state index in [2.05, 4.69) is 9.72 Å². The molecule has 17 heavy (non-hydrogen) atoms. The van der Waals surface area contributed by atoms with Crippen LogP contribution < -0.4 is 16.2 Å². The van der Waals surface area contributed by atoms with Gasteiger partial charge in [0.05, 0.1) is 11.3 Å². The monoisotopic (exact) mass is 246 g/mol. The van der Waals surface area contributed by atoms with Gasteiger partial charge in [0.15, 0.2) is 11.4 Å². The summed E-state index contributed by atoms with van der Waals surface area (Å²) >= 11 is 0. The number of nitriles is 1. The normalized spacial score (nSPS) is 10.7. The lowest BCUT2D eigenvalue weighted by molar-refractivity contribution is -0.274. The van der Waals surface area contributed by atoms with Crippen LogP contribution in [0.1, 0.15) is 16.1 Å². The van der Waals surface area contributed by atoms with Gasteiger partial charge in [-0.2, -0.15) is 5.26 Å². The second-order valence-corrected chi connectivity index (χ2v) is 2.79. The molecule has 1 aromatic rings. The standard InChI is InChI=1S/C8H5F3N4O2/c9-8(10,11)17-6-4(13)3(1-12)2-15-5(6)7(14)16/h2H,(H2,13,15)(H2,14,16). The van der Waals surface area contributed by atoms with Gasteiger partial charge in [-0.25, -0.2) is 4.98 Å². The van der Waals surface area contributed by atoms with E-state index in [1.807, 2.05) is 0 Å². The Labute approximate surface area is 92.6 Å². The molecule has 0 saturated carbocycles. The van der Waals surface area contributed by atoms with Crippen molar-refractivity contribution in [1.29, 1.82) is 5.26 Å². The largest absolute Gasteiger partial charge is 0.573 e. The van der Waals surface area contributed by atoms with Gasteiger partial charge in [0.2, 0.25) is 0 Å². The number of pyridine rings is 1. The lowest BCUT2D eigenvalue weighted by atomic mass is 10.2. The Morgan fingerprint density at radius 3 is 2.53 bits per heavy atom. The van der Waals surface area contributed by atoms with Crippen LogP contribution in [-0.4, -0.2) is 17.3 Å². The molecule has 1 heterocycles. The van der Waals surface area contributed by atoms with Gasteiger partial charge in [-0.15, -0.1) is 13.2 Å². The van der Waals surface area contributed by atoms with Crippen LogP contribution in [0.15, 0.2) is 6.20 Å². The molecule has 0 saturated heterocycles. The first kappa shape index (κ1) is 12.6. The highest BCUT2D eigenvalue weighted by Gasteiger charge is 2.35. The number of primary amides is 1. The van der Waals surface area contributed by atoms with Gasteiger partial charge in [0.25, 0.3) is 5.91 Å². The average molecular weight is 246 g/mol. The fourth-order valence-corrected chi connectivity index (χ4v) is 0.991. The van der Waals surface area contributed by atoms with E-state index in [1.54, 1.807) is 0 Å². The molecule has 0 bridgehead atoms. The third-order valence-electron chi connectivity index (χ3n) is 1.64. The van der Waals surface area contributed by atoms with Gasteiger partial charge < -0.3 is 16.2 Å². The van der Waals surface area contributed by atoms with Gasteiger partial charge in [0, 0.05) is 6.20 Å². The summed E-state index contributed by atoms with van der Waals surface area (Å²) in [5, 5.41) is 8.55. The minimum atomic E-state index is -5.08. The molecule has 0 aliphatic heterocycles. The molecule has 90 valence electrons. The molecule has 0 aromatic carbocycles. The quantitative estimate of drug-likeness (QED) is 0.789. The number of anilines is 1. The summed E-state index contributed by atoms with van der Waals surface area (Å²) in [6.45, 7) is 0. The van der Waals surface area contributed by atoms with Crippen LogP contribution in [0.25, 0.3) is 0 Å². The molecule has 6 nitrogen and oxygen atoms in total. The molecule has 1 rings (SSSR count). The van der Waals surface area contributed by atoms with Crippen LogP contribution in [0.2, 0.25) is 0 Å². The van der Waals surface area contributed by atoms with Crippen molar-refractivity contribution in [3.63, 3.8) is 0 Å². The highest BCUT2D eigenvalue weighted by molar-refractivity contribution is 5.95. The van der Waals surface area contributed by atoms with Crippen molar-refractivity contribution in [2.24, 2.45) is 5.73 Å². The molecule has 0 fully saturated rings. The maximum Gasteiger partial charge on any atom is 0.573 e. The second kappa shape index (κ2) is 4.17. The SMILES string of the molecule is N#Cc1cnc(C(N)=O)c(OC(F)(F)F)c1N. The van der Waals surface area contributed by atoms with Crippen molar-refractivity contribution >= 4 is 11.6 Å². The van der Waals surface area contributed by atoms with Crippen LogP contribution >= 0.6 is 0 Å². The van der Waals surface area contributed by atoms with Crippen LogP contribution in [0, 0.1) is 11.3 Å². The number of nitrogen functional groups attached to an aromatic ring is 1. The fourth-order valence-electron chi connectivity index (χ4n) is 0.991. The maximum atomic E-state index is 12.1. The second-order valence-electron chi connectivity index (χ2n) is 2.79. The predicted molar refractivity (Wildman–Crippen MR) is 48.6 cm³/mol. The summed E-state index contributed by atoms with van der Waals surface area (Å²) in [6.07, 6.45) is -4.24. The van der Waals surface area contributed by atoms with Gasteiger partial charge in [-0.1, -0.05) is 0 Å². The zero-order chi connectivity index (χ0) is 13.2. The molecule has 0 aliphatic carbocycles. The number of aromatic nitrogens is 1. The van der Waals surface area contributed by atoms with Crippen molar-refractivity contribution in [2.45, 2.75) is 6.36 Å². The summed E-state index contributed by atoms with van der Waals surface area (Å²) in [5.41, 5.74) is 8.26. The molecule has 1 aromatic heterocycles. The van der Waals surface area contributed by atoms with Crippen LogP contribution in [0.5, 0.6) is 5.75 Å². The Hall–Kier alpha value is -2.50. The van der Waals surface area contributed by atoms with E-state index in [9.17, 15) is 18.0 Å². The first-order valence-corrected chi connectivity index (χ1v) is 4.00. The van der Waals surface area contributed by atoms with Crippen LogP contribution in [0.4, 0.5) is 18.9 Å². The van der Waals surface area contributed by atoms with Crippen LogP contribution in [0.3, 0.4) is 0 Å². The fraction of sp³-hybridized carbons (Fsp3) is 0.125. The molecule has 4 N–H and O–H groups in total. The Morgan fingerprint density at radius 1 is 1.53 bits per heavy atom. The van der Waals surface area contributed by atoms with Gasteiger partial charge >= 0.3 is 6.36 Å². The van der Waals surface area contributed by atoms with E-state index >= 15 is 0 Å². The third kappa shape index (κ3) is 2.75. The van der Waals surface area contributed by atoms with Crippen molar-refractivity contribution in [3.8, 4) is 11.8 Å². The number of alkyl halides is 3. The van der Waals surface area contributed by atoms with Crippen molar-refractivity contribution in [2.75, 3.05) is 5.73 Å². The number of hydrogen-bond donors (Lipinski definition) is 2. The number of nitrogens with zero attached hydrogens (tertiary/aromatic N) is 2. The average Bonchev–Trinajstić information content (AvgIpc) is 2.18. The zero-order valence-electron chi connectivity index (χ0n) is 8.08. The Balaban J connectivity index is 3.41. The first-order valence-electron chi connectivity index (χ1n) is 4.00. The number of amides is 1. The number of nitrogens with two attached hydrogens (primary N) is 2. The van der Waals surface area contributed by atoms with E-state index in [0.717, 1.165) is 6.20 Å². The molecule has 0 aliphatic rings. The van der Waals surface area contributed by atoms with Crippen molar-refractivity contribution in [1.82, 2.24) is 4.98 Å². The van der Waals surface area contributed by atoms with E-state index in [1.165, 1.54) is 6.07 Å². The number of carbonyl (C=O) groups excluding carboxylic acids is 1. The molecular formula is C8H5F3N4O2. The lowest BCUT2D eigenvalue weighted by Crippen LogP contribution is -2.23. The van der Waals surface area contributed by atoms with E-state index in [0.29, 0.717) is 0 Å². The van der Waals surface area contributed by atoms with Crippen LogP contribution in [-0.2, 0) is 0 Å². The number of rotatable bonds is 2. The van der Waals surface area contributed by atoms with Crippen molar-refractivity contribution < 1.29 is 22.7 Å². The third-order valence-corrected chi connectivity index (χ3v) is 1.64. The Morgan fingerprint density at radius 2 is 2.12 bits per heavy atom. The molecule has 0 atom stereocenters. The number of carbonyl (C=O) groups is 1. The van der Waals surface area contributed by atoms with Crippen molar-refractivity contribution in [3.05, 3.63) is 17.5 Å². The summed E-state index contributed by atoms with van der Waals surface area (Å²) in [7, 11) is 0. The highest BCUT2D eigenvalue weighted by Crippen LogP contribution is 2.32. The zero-order valence-corrected chi connectivity index (χ0v) is 8.08. The molecule has 0 unspecified atom stereocenters. The summed E-state index contributed by atoms with van der Waals surface area (Å²) in [4.78, 5) is 14.1. The van der Waals surface area contributed by atoms with Gasteiger partial charge in [-0.3, -0.25) is 4.79 Å². The topological polar surface area (TPSA) is 115 Å². The number of halogens is 3. The van der Waals surface area contributed by atoms with E-state index < -0.39 is 29.4 Å². The van der Waals surface area contributed by atoms with Gasteiger partial charge in [-0.05, 0) is 0 Å².